The molecule has 37 heavy (non-hydrogen) atoms. The SMILES string of the molecule is COc1cc(-c2ccc3ncc(C4(C=O)CC4)c(NC45CC6CC(CC(N)(C6)C4)C5)c3c2)cc(Cl)c1O. The Morgan fingerprint density at radius 1 is 1.14 bits per heavy atom. The predicted molar refractivity (Wildman–Crippen MR) is 145 cm³/mol. The number of carbonyl (C=O) groups is 1. The Morgan fingerprint density at radius 2 is 1.89 bits per heavy atom. The lowest BCUT2D eigenvalue weighted by Crippen LogP contribution is -2.65. The van der Waals surface area contributed by atoms with Crippen molar-refractivity contribution in [1.82, 2.24) is 4.98 Å². The first-order valence-corrected chi connectivity index (χ1v) is 13.7. The number of hydrogen-bond acceptors (Lipinski definition) is 6. The van der Waals surface area contributed by atoms with Crippen molar-refractivity contribution in [1.29, 1.82) is 0 Å². The van der Waals surface area contributed by atoms with E-state index in [9.17, 15) is 9.90 Å². The van der Waals surface area contributed by atoms with Gasteiger partial charge in [0.05, 0.1) is 23.1 Å². The van der Waals surface area contributed by atoms with Crippen LogP contribution in [0.15, 0.2) is 36.5 Å². The number of phenolic OH excluding ortho intramolecular Hbond substituents is 1. The number of nitrogens with two attached hydrogens (primary N) is 1. The molecule has 5 fully saturated rings. The minimum atomic E-state index is -0.465. The minimum absolute atomic E-state index is 0.0537. The van der Waals surface area contributed by atoms with Crippen LogP contribution in [0.2, 0.25) is 5.02 Å². The summed E-state index contributed by atoms with van der Waals surface area (Å²) < 4.78 is 5.34. The van der Waals surface area contributed by atoms with Gasteiger partial charge in [-0.2, -0.15) is 0 Å². The first-order valence-electron chi connectivity index (χ1n) is 13.3. The molecule has 4 bridgehead atoms. The minimum Gasteiger partial charge on any atom is -0.503 e. The number of methoxy groups -OCH3 is 1. The van der Waals surface area contributed by atoms with Gasteiger partial charge in [-0.1, -0.05) is 17.7 Å². The van der Waals surface area contributed by atoms with Gasteiger partial charge in [-0.25, -0.2) is 0 Å². The number of aldehydes is 1. The topological polar surface area (TPSA) is 97.5 Å². The standard InChI is InChI=1S/C30H32ClN3O3/c1-37-25-9-20(8-23(31)27(25)36)19-2-3-24-21(7-19)26(22(14-33-24)28(16-35)4-5-28)34-30-12-17-6-18(13-30)11-29(32,10-17)15-30/h2-3,7-9,14,16-18,36H,4-6,10-13,15,32H2,1H3,(H,33,34). The van der Waals surface area contributed by atoms with Gasteiger partial charge in [-0.05, 0) is 98.6 Å². The molecule has 2 atom stereocenters. The van der Waals surface area contributed by atoms with Gasteiger partial charge >= 0.3 is 0 Å². The molecule has 4 N–H and O–H groups in total. The van der Waals surface area contributed by atoms with Crippen LogP contribution in [-0.4, -0.2) is 34.6 Å². The van der Waals surface area contributed by atoms with Crippen LogP contribution in [0.25, 0.3) is 22.0 Å². The molecule has 5 saturated carbocycles. The molecule has 7 heteroatoms. The Balaban J connectivity index is 1.39. The number of phenols is 1. The molecular formula is C30H32ClN3O3. The maximum Gasteiger partial charge on any atom is 0.176 e. The van der Waals surface area contributed by atoms with Crippen molar-refractivity contribution in [3.05, 3.63) is 47.1 Å². The molecule has 192 valence electrons. The van der Waals surface area contributed by atoms with Crippen LogP contribution in [0, 0.1) is 11.8 Å². The molecule has 2 unspecified atom stereocenters. The lowest BCUT2D eigenvalue weighted by Gasteiger charge is -2.61. The zero-order valence-corrected chi connectivity index (χ0v) is 21.8. The highest BCUT2D eigenvalue weighted by atomic mass is 35.5. The molecule has 1 aromatic heterocycles. The van der Waals surface area contributed by atoms with Gasteiger partial charge in [-0.15, -0.1) is 0 Å². The fraction of sp³-hybridized carbons (Fsp3) is 0.467. The maximum atomic E-state index is 12.3. The summed E-state index contributed by atoms with van der Waals surface area (Å²) in [6.45, 7) is 0. The molecule has 5 aliphatic carbocycles. The molecule has 1 heterocycles. The number of ether oxygens (including phenoxy) is 1. The maximum absolute atomic E-state index is 12.3. The van der Waals surface area contributed by atoms with E-state index in [1.165, 1.54) is 13.5 Å². The monoisotopic (exact) mass is 517 g/mol. The molecule has 3 aromatic rings. The summed E-state index contributed by atoms with van der Waals surface area (Å²) in [6.07, 6.45) is 11.5. The van der Waals surface area contributed by atoms with Crippen molar-refractivity contribution < 1.29 is 14.6 Å². The highest BCUT2D eigenvalue weighted by Crippen LogP contribution is 2.59. The fourth-order valence-corrected chi connectivity index (χ4v) is 8.32. The number of rotatable bonds is 6. The quantitative estimate of drug-likeness (QED) is 0.349. The van der Waals surface area contributed by atoms with Crippen LogP contribution in [0.1, 0.15) is 56.9 Å². The van der Waals surface area contributed by atoms with Crippen molar-refractivity contribution in [2.75, 3.05) is 12.4 Å². The van der Waals surface area contributed by atoms with Gasteiger partial charge in [0.2, 0.25) is 0 Å². The molecule has 8 rings (SSSR count). The highest BCUT2D eigenvalue weighted by Gasteiger charge is 2.57. The predicted octanol–water partition coefficient (Wildman–Crippen LogP) is 5.96. The summed E-state index contributed by atoms with van der Waals surface area (Å²) in [7, 11) is 1.51. The molecule has 0 radical (unpaired) electrons. The lowest BCUT2D eigenvalue weighted by atomic mass is 9.50. The molecule has 0 aliphatic heterocycles. The summed E-state index contributed by atoms with van der Waals surface area (Å²) in [4.78, 5) is 17.1. The number of fused-ring (bicyclic) bond motifs is 1. The van der Waals surface area contributed by atoms with Gasteiger partial charge in [0.15, 0.2) is 11.5 Å². The number of aromatic hydroxyl groups is 1. The smallest absolute Gasteiger partial charge is 0.176 e. The van der Waals surface area contributed by atoms with Crippen molar-refractivity contribution >= 4 is 34.5 Å². The summed E-state index contributed by atoms with van der Waals surface area (Å²) in [5, 5.41) is 15.5. The number of anilines is 1. The van der Waals surface area contributed by atoms with Crippen molar-refractivity contribution in [2.24, 2.45) is 17.6 Å². The van der Waals surface area contributed by atoms with Crippen LogP contribution >= 0.6 is 11.6 Å². The molecular weight excluding hydrogens is 486 g/mol. The third-order valence-electron chi connectivity index (χ3n) is 9.50. The second-order valence-corrected chi connectivity index (χ2v) is 12.7. The summed E-state index contributed by atoms with van der Waals surface area (Å²) in [5.41, 5.74) is 11.0. The van der Waals surface area contributed by atoms with E-state index in [-0.39, 0.29) is 21.8 Å². The highest BCUT2D eigenvalue weighted by molar-refractivity contribution is 6.32. The zero-order valence-electron chi connectivity index (χ0n) is 21.0. The third kappa shape index (κ3) is 3.63. The molecule has 5 aliphatic rings. The van der Waals surface area contributed by atoms with E-state index in [0.717, 1.165) is 84.5 Å². The van der Waals surface area contributed by atoms with Crippen LogP contribution in [0.3, 0.4) is 0 Å². The van der Waals surface area contributed by atoms with E-state index in [1.54, 1.807) is 12.1 Å². The zero-order chi connectivity index (χ0) is 25.6. The normalized spacial score (nSPS) is 30.9. The number of aromatic nitrogens is 1. The summed E-state index contributed by atoms with van der Waals surface area (Å²) in [6, 6.07) is 9.67. The number of benzene rings is 2. The second-order valence-electron chi connectivity index (χ2n) is 12.3. The van der Waals surface area contributed by atoms with E-state index < -0.39 is 5.41 Å². The third-order valence-corrected chi connectivity index (χ3v) is 9.78. The molecule has 0 spiro atoms. The second kappa shape index (κ2) is 7.84. The van der Waals surface area contributed by atoms with Crippen molar-refractivity contribution in [3.8, 4) is 22.6 Å². The average Bonchev–Trinajstić information content (AvgIpc) is 3.65. The Bertz CT molecular complexity index is 1440. The molecule has 0 saturated heterocycles. The van der Waals surface area contributed by atoms with E-state index >= 15 is 0 Å². The Kier molecular flexibility index (Phi) is 4.94. The van der Waals surface area contributed by atoms with Crippen LogP contribution in [0.4, 0.5) is 5.69 Å². The lowest BCUT2D eigenvalue weighted by molar-refractivity contribution is -0.109. The molecule has 2 aromatic carbocycles. The summed E-state index contributed by atoms with van der Waals surface area (Å²) in [5.74, 6) is 1.59. The number of halogens is 1. The Hall–Kier alpha value is -2.83. The van der Waals surface area contributed by atoms with E-state index in [4.69, 9.17) is 27.1 Å². The van der Waals surface area contributed by atoms with E-state index in [2.05, 4.69) is 11.4 Å². The number of pyridine rings is 1. The van der Waals surface area contributed by atoms with Crippen molar-refractivity contribution in [2.45, 2.75) is 67.9 Å². The van der Waals surface area contributed by atoms with Gasteiger partial charge in [0, 0.05) is 33.9 Å². The summed E-state index contributed by atoms with van der Waals surface area (Å²) >= 11 is 6.32. The van der Waals surface area contributed by atoms with Crippen LogP contribution < -0.4 is 15.8 Å². The van der Waals surface area contributed by atoms with Crippen LogP contribution in [0.5, 0.6) is 11.5 Å². The number of hydrogen-bond donors (Lipinski definition) is 3. The Morgan fingerprint density at radius 3 is 2.54 bits per heavy atom. The number of nitrogens with zero attached hydrogens (tertiary/aromatic N) is 1. The first kappa shape index (κ1) is 23.3. The van der Waals surface area contributed by atoms with E-state index in [0.29, 0.717) is 17.6 Å². The first-order chi connectivity index (χ1) is 17.7. The largest absolute Gasteiger partial charge is 0.503 e. The molecule has 0 amide bonds. The van der Waals surface area contributed by atoms with Gasteiger partial charge in [0.1, 0.15) is 6.29 Å². The van der Waals surface area contributed by atoms with Crippen LogP contribution in [-0.2, 0) is 10.2 Å². The van der Waals surface area contributed by atoms with E-state index in [1.807, 2.05) is 18.3 Å². The van der Waals surface area contributed by atoms with Gasteiger partial charge in [-0.3, -0.25) is 4.98 Å². The average molecular weight is 518 g/mol. The Labute approximate surface area is 221 Å². The number of nitrogens with one attached hydrogen (secondary N) is 1. The molecule has 6 nitrogen and oxygen atoms in total. The van der Waals surface area contributed by atoms with Gasteiger partial charge in [0.25, 0.3) is 0 Å². The van der Waals surface area contributed by atoms with Crippen molar-refractivity contribution in [3.63, 3.8) is 0 Å². The fourth-order valence-electron chi connectivity index (χ4n) is 8.11. The van der Waals surface area contributed by atoms with Gasteiger partial charge < -0.3 is 25.7 Å². The number of carbonyl (C=O) groups excluding carboxylic acids is 1.